The number of rotatable bonds is 3. The summed E-state index contributed by atoms with van der Waals surface area (Å²) in [7, 11) is 0. The molecule has 0 atom stereocenters. The van der Waals surface area contributed by atoms with Crippen LogP contribution in [0.4, 0.5) is 5.69 Å². The Labute approximate surface area is 163 Å². The Morgan fingerprint density at radius 3 is 2.56 bits per heavy atom. The van der Waals surface area contributed by atoms with Gasteiger partial charge in [-0.25, -0.2) is 4.98 Å². The molecule has 3 aromatic rings. The Hall–Kier alpha value is -2.73. The topological polar surface area (TPSA) is 49.3 Å². The van der Waals surface area contributed by atoms with Crippen LogP contribution in [-0.4, -0.2) is 47.0 Å². The van der Waals surface area contributed by atoms with Crippen molar-refractivity contribution in [3.05, 3.63) is 64.8 Å². The fraction of sp³-hybridized carbons (Fsp3) is 0.286. The van der Waals surface area contributed by atoms with E-state index < -0.39 is 0 Å². The summed E-state index contributed by atoms with van der Waals surface area (Å²) < 4.78 is 0. The number of carbonyl (C=O) groups excluding carboxylic acids is 1. The van der Waals surface area contributed by atoms with Gasteiger partial charge in [-0.1, -0.05) is 18.2 Å². The monoisotopic (exact) mass is 378 g/mol. The lowest BCUT2D eigenvalue weighted by atomic mass is 10.2. The summed E-state index contributed by atoms with van der Waals surface area (Å²) in [6.07, 6.45) is 1.75. The molecular weight excluding hydrogens is 356 g/mol. The summed E-state index contributed by atoms with van der Waals surface area (Å²) in [5.74, 6) is 0.0797. The first kappa shape index (κ1) is 17.7. The molecule has 5 nitrogen and oxygen atoms in total. The van der Waals surface area contributed by atoms with Gasteiger partial charge in [0, 0.05) is 38.1 Å². The molecular formula is C21H22N4OS. The van der Waals surface area contributed by atoms with E-state index in [0.717, 1.165) is 47.5 Å². The van der Waals surface area contributed by atoms with Gasteiger partial charge in [-0.15, -0.1) is 11.3 Å². The molecule has 0 aliphatic carbocycles. The van der Waals surface area contributed by atoms with Gasteiger partial charge in [0.1, 0.15) is 9.88 Å². The first-order valence-electron chi connectivity index (χ1n) is 9.11. The predicted molar refractivity (Wildman–Crippen MR) is 109 cm³/mol. The first-order chi connectivity index (χ1) is 13.1. The van der Waals surface area contributed by atoms with E-state index in [2.05, 4.69) is 46.1 Å². The van der Waals surface area contributed by atoms with Crippen LogP contribution >= 0.6 is 11.3 Å². The van der Waals surface area contributed by atoms with Crippen molar-refractivity contribution in [3.8, 4) is 10.7 Å². The van der Waals surface area contributed by atoms with Gasteiger partial charge in [-0.05, 0) is 43.7 Å². The van der Waals surface area contributed by atoms with Crippen LogP contribution in [0.5, 0.6) is 0 Å². The van der Waals surface area contributed by atoms with Crippen molar-refractivity contribution in [1.29, 1.82) is 0 Å². The standard InChI is InChI=1S/C21H22N4OS/c1-15-6-5-7-17(14-15)24-10-12-25(13-11-24)21(26)19-16(2)23-20(27-19)18-8-3-4-9-22-18/h3-9,14H,10-13H2,1-2H3. The number of carbonyl (C=O) groups is 1. The number of hydrogen-bond donors (Lipinski definition) is 0. The minimum Gasteiger partial charge on any atom is -0.368 e. The first-order valence-corrected chi connectivity index (χ1v) is 9.93. The second-order valence-corrected chi connectivity index (χ2v) is 7.77. The number of amides is 1. The SMILES string of the molecule is Cc1cccc(N2CCN(C(=O)c3sc(-c4ccccn4)nc3C)CC2)c1. The van der Waals surface area contributed by atoms with Crippen LogP contribution in [0.1, 0.15) is 20.9 Å². The summed E-state index contributed by atoms with van der Waals surface area (Å²) in [5.41, 5.74) is 4.09. The van der Waals surface area contributed by atoms with E-state index in [1.54, 1.807) is 6.20 Å². The normalized spacial score (nSPS) is 14.4. The Balaban J connectivity index is 1.46. The van der Waals surface area contributed by atoms with Gasteiger partial charge in [0.05, 0.1) is 11.4 Å². The predicted octanol–water partition coefficient (Wildman–Crippen LogP) is 3.78. The number of benzene rings is 1. The van der Waals surface area contributed by atoms with E-state index in [0.29, 0.717) is 0 Å². The molecule has 0 N–H and O–H groups in total. The van der Waals surface area contributed by atoms with E-state index >= 15 is 0 Å². The summed E-state index contributed by atoms with van der Waals surface area (Å²) >= 11 is 1.44. The van der Waals surface area contributed by atoms with E-state index in [-0.39, 0.29) is 5.91 Å². The molecule has 0 radical (unpaired) electrons. The van der Waals surface area contributed by atoms with Crippen molar-refractivity contribution < 1.29 is 4.79 Å². The molecule has 2 aromatic heterocycles. The van der Waals surface area contributed by atoms with Crippen molar-refractivity contribution in [2.45, 2.75) is 13.8 Å². The molecule has 1 aliphatic heterocycles. The maximum Gasteiger partial charge on any atom is 0.265 e. The quantitative estimate of drug-likeness (QED) is 0.696. The highest BCUT2D eigenvalue weighted by molar-refractivity contribution is 7.17. The molecule has 1 saturated heterocycles. The maximum atomic E-state index is 13.0. The highest BCUT2D eigenvalue weighted by Crippen LogP contribution is 2.28. The Morgan fingerprint density at radius 1 is 1.04 bits per heavy atom. The van der Waals surface area contributed by atoms with Gasteiger partial charge in [-0.2, -0.15) is 0 Å². The average molecular weight is 379 g/mol. The number of piperazine rings is 1. The Morgan fingerprint density at radius 2 is 1.85 bits per heavy atom. The summed E-state index contributed by atoms with van der Waals surface area (Å²) in [6, 6.07) is 14.3. The van der Waals surface area contributed by atoms with E-state index in [9.17, 15) is 4.79 Å². The number of anilines is 1. The van der Waals surface area contributed by atoms with Crippen molar-refractivity contribution in [1.82, 2.24) is 14.9 Å². The smallest absolute Gasteiger partial charge is 0.265 e. The molecule has 1 amide bonds. The van der Waals surface area contributed by atoms with Crippen LogP contribution < -0.4 is 4.90 Å². The van der Waals surface area contributed by atoms with Crippen molar-refractivity contribution in [2.24, 2.45) is 0 Å². The van der Waals surface area contributed by atoms with E-state index in [4.69, 9.17) is 0 Å². The van der Waals surface area contributed by atoms with Crippen LogP contribution in [0.15, 0.2) is 48.7 Å². The lowest BCUT2D eigenvalue weighted by Crippen LogP contribution is -2.48. The Kier molecular flexibility index (Phi) is 4.90. The van der Waals surface area contributed by atoms with Crippen LogP contribution in [0.25, 0.3) is 10.7 Å². The van der Waals surface area contributed by atoms with Gasteiger partial charge in [0.15, 0.2) is 0 Å². The van der Waals surface area contributed by atoms with Gasteiger partial charge in [0.2, 0.25) is 0 Å². The molecule has 0 bridgehead atoms. The number of aryl methyl sites for hydroxylation is 2. The van der Waals surface area contributed by atoms with E-state index in [1.807, 2.05) is 30.0 Å². The molecule has 0 unspecified atom stereocenters. The minimum absolute atomic E-state index is 0.0797. The molecule has 3 heterocycles. The fourth-order valence-corrected chi connectivity index (χ4v) is 4.34. The van der Waals surface area contributed by atoms with Crippen LogP contribution in [-0.2, 0) is 0 Å². The lowest BCUT2D eigenvalue weighted by Gasteiger charge is -2.36. The maximum absolute atomic E-state index is 13.0. The molecule has 1 fully saturated rings. The third kappa shape index (κ3) is 3.71. The summed E-state index contributed by atoms with van der Waals surface area (Å²) in [4.78, 5) is 26.9. The van der Waals surface area contributed by atoms with Gasteiger partial charge < -0.3 is 9.80 Å². The number of nitrogens with zero attached hydrogens (tertiary/aromatic N) is 4. The number of thiazole rings is 1. The molecule has 27 heavy (non-hydrogen) atoms. The fourth-order valence-electron chi connectivity index (χ4n) is 3.33. The summed E-state index contributed by atoms with van der Waals surface area (Å²) in [5, 5.41) is 0.801. The molecule has 6 heteroatoms. The van der Waals surface area contributed by atoms with Gasteiger partial charge in [-0.3, -0.25) is 9.78 Å². The molecule has 1 aromatic carbocycles. The molecule has 138 valence electrons. The van der Waals surface area contributed by atoms with Crippen LogP contribution in [0.3, 0.4) is 0 Å². The molecule has 1 aliphatic rings. The second kappa shape index (κ2) is 7.48. The van der Waals surface area contributed by atoms with Gasteiger partial charge in [0.25, 0.3) is 5.91 Å². The second-order valence-electron chi connectivity index (χ2n) is 6.77. The third-order valence-corrected chi connectivity index (χ3v) is 5.98. The average Bonchev–Trinajstić information content (AvgIpc) is 3.10. The van der Waals surface area contributed by atoms with Gasteiger partial charge >= 0.3 is 0 Å². The van der Waals surface area contributed by atoms with Crippen molar-refractivity contribution >= 4 is 22.9 Å². The van der Waals surface area contributed by atoms with Crippen molar-refractivity contribution in [2.75, 3.05) is 31.1 Å². The third-order valence-electron chi connectivity index (χ3n) is 4.81. The lowest BCUT2D eigenvalue weighted by molar-refractivity contribution is 0.0750. The zero-order valence-electron chi connectivity index (χ0n) is 15.6. The summed E-state index contributed by atoms with van der Waals surface area (Å²) in [6.45, 7) is 7.15. The number of hydrogen-bond acceptors (Lipinski definition) is 5. The van der Waals surface area contributed by atoms with Crippen LogP contribution in [0.2, 0.25) is 0 Å². The molecule has 4 rings (SSSR count). The number of pyridine rings is 1. The highest BCUT2D eigenvalue weighted by atomic mass is 32.1. The molecule has 0 spiro atoms. The molecule has 0 saturated carbocycles. The van der Waals surface area contributed by atoms with Crippen molar-refractivity contribution in [3.63, 3.8) is 0 Å². The number of aromatic nitrogens is 2. The Bertz CT molecular complexity index is 946. The van der Waals surface area contributed by atoms with E-state index in [1.165, 1.54) is 22.6 Å². The highest BCUT2D eigenvalue weighted by Gasteiger charge is 2.26. The zero-order chi connectivity index (χ0) is 18.8. The largest absolute Gasteiger partial charge is 0.368 e. The van der Waals surface area contributed by atoms with Crippen LogP contribution in [0, 0.1) is 13.8 Å². The minimum atomic E-state index is 0.0797. The zero-order valence-corrected chi connectivity index (χ0v) is 16.4.